The maximum absolute atomic E-state index is 8.89. The Morgan fingerprint density at radius 1 is 0.931 bits per heavy atom. The first kappa shape index (κ1) is 22.4. The van der Waals surface area contributed by atoms with E-state index in [2.05, 4.69) is 30.9 Å². The summed E-state index contributed by atoms with van der Waals surface area (Å²) in [5, 5.41) is 8.89. The first-order valence-electron chi connectivity index (χ1n) is 12.4. The van der Waals surface area contributed by atoms with Crippen LogP contribution in [0.4, 0.5) is 0 Å². The molecule has 1 heterocycles. The second-order valence-electron chi connectivity index (χ2n) is 9.84. The van der Waals surface area contributed by atoms with Gasteiger partial charge in [-0.1, -0.05) is 81.3 Å². The van der Waals surface area contributed by atoms with E-state index in [0.29, 0.717) is 0 Å². The van der Waals surface area contributed by atoms with Gasteiger partial charge in [0.15, 0.2) is 0 Å². The summed E-state index contributed by atoms with van der Waals surface area (Å²) >= 11 is 0. The third-order valence-electron chi connectivity index (χ3n) is 7.88. The summed E-state index contributed by atoms with van der Waals surface area (Å²) in [5.74, 6) is 3.14. The van der Waals surface area contributed by atoms with Crippen LogP contribution in [0.3, 0.4) is 0 Å². The number of aryl methyl sites for hydroxylation is 1. The van der Waals surface area contributed by atoms with E-state index in [1.807, 2.05) is 12.1 Å². The first-order valence-corrected chi connectivity index (χ1v) is 14.8. The number of nitrogens with zero attached hydrogens (tertiary/aromatic N) is 1. The molecule has 2 aliphatic rings. The molecule has 1 saturated heterocycles. The van der Waals surface area contributed by atoms with Crippen molar-refractivity contribution in [2.75, 3.05) is 0 Å². The number of nitriles is 1. The topological polar surface area (TPSA) is 23.8 Å². The highest BCUT2D eigenvalue weighted by molar-refractivity contribution is 6.58. The maximum atomic E-state index is 8.89. The fourth-order valence-corrected chi connectivity index (χ4v) is 9.43. The molecule has 0 N–H and O–H groups in total. The van der Waals surface area contributed by atoms with Crippen molar-refractivity contribution in [3.63, 3.8) is 0 Å². The predicted octanol–water partition coefficient (Wildman–Crippen LogP) is 7.68. The van der Waals surface area contributed by atoms with Crippen molar-refractivity contribution in [2.24, 2.45) is 17.8 Å². The summed E-state index contributed by atoms with van der Waals surface area (Å²) in [6.07, 6.45) is 19.2. The van der Waals surface area contributed by atoms with E-state index in [1.165, 1.54) is 69.8 Å². The molecule has 1 saturated carbocycles. The Kier molecular flexibility index (Phi) is 9.54. The predicted molar refractivity (Wildman–Crippen MR) is 128 cm³/mol. The Morgan fingerprint density at radius 2 is 1.62 bits per heavy atom. The number of hydrogen-bond acceptors (Lipinski definition) is 1. The van der Waals surface area contributed by atoms with Gasteiger partial charge in [0.1, 0.15) is 0 Å². The average Bonchev–Trinajstić information content (AvgIpc) is 2.78. The number of rotatable bonds is 10. The average molecular weight is 408 g/mol. The molecule has 2 heteroatoms. The lowest BCUT2D eigenvalue weighted by Crippen LogP contribution is -2.28. The van der Waals surface area contributed by atoms with E-state index < -0.39 is 0 Å². The highest BCUT2D eigenvalue weighted by Crippen LogP contribution is 2.42. The monoisotopic (exact) mass is 407 g/mol. The Labute approximate surface area is 181 Å². The van der Waals surface area contributed by atoms with Gasteiger partial charge in [-0.3, -0.25) is 0 Å². The molecule has 2 fully saturated rings. The minimum absolute atomic E-state index is 0.377. The van der Waals surface area contributed by atoms with Gasteiger partial charge in [-0.15, -0.1) is 6.58 Å². The van der Waals surface area contributed by atoms with Gasteiger partial charge < -0.3 is 0 Å². The van der Waals surface area contributed by atoms with Crippen molar-refractivity contribution in [3.05, 3.63) is 48.0 Å². The van der Waals surface area contributed by atoms with Gasteiger partial charge in [0.05, 0.1) is 11.6 Å². The summed E-state index contributed by atoms with van der Waals surface area (Å²) in [4.78, 5) is 0. The molecule has 0 spiro atoms. The zero-order valence-electron chi connectivity index (χ0n) is 18.5. The van der Waals surface area contributed by atoms with E-state index in [0.717, 1.165) is 23.3 Å². The Morgan fingerprint density at radius 3 is 2.28 bits per heavy atom. The quantitative estimate of drug-likeness (QED) is 0.222. The van der Waals surface area contributed by atoms with Crippen LogP contribution in [0.15, 0.2) is 36.9 Å². The van der Waals surface area contributed by atoms with Crippen LogP contribution in [0, 0.1) is 29.1 Å². The molecular formula is C27H41NSi. The van der Waals surface area contributed by atoms with Gasteiger partial charge >= 0.3 is 0 Å². The van der Waals surface area contributed by atoms with E-state index >= 15 is 0 Å². The summed E-state index contributed by atoms with van der Waals surface area (Å²) in [7, 11) is -0.377. The van der Waals surface area contributed by atoms with E-state index in [9.17, 15) is 0 Å². The van der Waals surface area contributed by atoms with Crippen molar-refractivity contribution in [1.82, 2.24) is 0 Å². The minimum Gasteiger partial charge on any atom is -0.192 e. The molecule has 1 aliphatic heterocycles. The Bertz CT molecular complexity index is 627. The Hall–Kier alpha value is -1.33. The normalized spacial score (nSPS) is 27.3. The van der Waals surface area contributed by atoms with Crippen LogP contribution in [0.25, 0.3) is 0 Å². The lowest BCUT2D eigenvalue weighted by Gasteiger charge is -2.37. The molecule has 1 nitrogen and oxygen atoms in total. The summed E-state index contributed by atoms with van der Waals surface area (Å²) < 4.78 is 0. The zero-order valence-corrected chi connectivity index (χ0v) is 19.6. The molecule has 0 atom stereocenters. The second kappa shape index (κ2) is 12.4. The molecule has 1 aromatic rings. The molecule has 29 heavy (non-hydrogen) atoms. The molecule has 158 valence electrons. The fourth-order valence-electron chi connectivity index (χ4n) is 5.96. The van der Waals surface area contributed by atoms with Crippen LogP contribution >= 0.6 is 0 Å². The molecule has 0 bridgehead atoms. The zero-order chi connectivity index (χ0) is 20.3. The number of hydrogen-bond donors (Lipinski definition) is 0. The van der Waals surface area contributed by atoms with Gasteiger partial charge in [0, 0.05) is 8.80 Å². The van der Waals surface area contributed by atoms with Crippen molar-refractivity contribution >= 4 is 8.80 Å². The number of allylic oxidation sites excluding steroid dienone is 1. The van der Waals surface area contributed by atoms with Crippen LogP contribution in [-0.4, -0.2) is 8.80 Å². The summed E-state index contributed by atoms with van der Waals surface area (Å²) in [6, 6.07) is 15.2. The SMILES string of the molecule is C=CCCC[SiH]1CCC(C2CCC(CCCCc3ccc(C#N)cc3)CC2)CC1. The molecule has 1 aromatic carbocycles. The molecule has 1 aliphatic carbocycles. The fraction of sp³-hybridized carbons (Fsp3) is 0.667. The lowest BCUT2D eigenvalue weighted by atomic mass is 9.73. The third-order valence-corrected chi connectivity index (χ3v) is 11.4. The molecular weight excluding hydrogens is 366 g/mol. The standard InChI is InChI=1S/C27H41NSi/c1-2-3-6-19-29-20-17-27(18-21-29)26-15-13-24(14-16-26)8-5-4-7-23-9-11-25(22-28)12-10-23/h2,9-12,24,26-27,29H,1,3-8,13-21H2. The van der Waals surface area contributed by atoms with Crippen molar-refractivity contribution < 1.29 is 0 Å². The van der Waals surface area contributed by atoms with Gasteiger partial charge in [-0.05, 0) is 67.6 Å². The van der Waals surface area contributed by atoms with Crippen LogP contribution in [0.2, 0.25) is 18.1 Å². The maximum Gasteiger partial charge on any atom is 0.0991 e. The van der Waals surface area contributed by atoms with E-state index in [4.69, 9.17) is 5.26 Å². The number of unbranched alkanes of at least 4 members (excludes halogenated alkanes) is 2. The summed E-state index contributed by atoms with van der Waals surface area (Å²) in [5.41, 5.74) is 2.16. The molecule has 0 unspecified atom stereocenters. The molecule has 0 aromatic heterocycles. The Balaban J connectivity index is 1.26. The van der Waals surface area contributed by atoms with Crippen LogP contribution in [0.5, 0.6) is 0 Å². The molecule has 0 amide bonds. The van der Waals surface area contributed by atoms with Crippen LogP contribution < -0.4 is 0 Å². The van der Waals surface area contributed by atoms with E-state index in [1.54, 1.807) is 31.0 Å². The third kappa shape index (κ3) is 7.45. The smallest absolute Gasteiger partial charge is 0.0991 e. The molecule has 0 radical (unpaired) electrons. The van der Waals surface area contributed by atoms with Gasteiger partial charge in [0.2, 0.25) is 0 Å². The van der Waals surface area contributed by atoms with Crippen LogP contribution in [-0.2, 0) is 6.42 Å². The highest BCUT2D eigenvalue weighted by atomic mass is 28.3. The van der Waals surface area contributed by atoms with Gasteiger partial charge in [-0.25, -0.2) is 0 Å². The largest absolute Gasteiger partial charge is 0.192 e. The lowest BCUT2D eigenvalue weighted by molar-refractivity contribution is 0.184. The molecule has 3 rings (SSSR count). The van der Waals surface area contributed by atoms with Crippen molar-refractivity contribution in [1.29, 1.82) is 5.26 Å². The number of benzene rings is 1. The second-order valence-corrected chi connectivity index (χ2v) is 13.3. The minimum atomic E-state index is -0.377. The summed E-state index contributed by atoms with van der Waals surface area (Å²) in [6.45, 7) is 3.87. The van der Waals surface area contributed by atoms with Crippen molar-refractivity contribution in [2.45, 2.75) is 95.2 Å². The van der Waals surface area contributed by atoms with Crippen LogP contribution in [0.1, 0.15) is 81.8 Å². The first-order chi connectivity index (χ1) is 14.3. The highest BCUT2D eigenvalue weighted by Gasteiger charge is 2.30. The van der Waals surface area contributed by atoms with E-state index in [-0.39, 0.29) is 8.80 Å². The van der Waals surface area contributed by atoms with Gasteiger partial charge in [-0.2, -0.15) is 5.26 Å². The van der Waals surface area contributed by atoms with Gasteiger partial charge in [0.25, 0.3) is 0 Å². The van der Waals surface area contributed by atoms with Crippen molar-refractivity contribution in [3.8, 4) is 6.07 Å².